The van der Waals surface area contributed by atoms with Gasteiger partial charge in [-0.3, -0.25) is 0 Å². The molecule has 0 saturated heterocycles. The molecule has 0 atom stereocenters. The van der Waals surface area contributed by atoms with Gasteiger partial charge in [-0.15, -0.1) is 5.10 Å². The molecule has 0 aliphatic rings. The van der Waals surface area contributed by atoms with Gasteiger partial charge in [0.2, 0.25) is 0 Å². The van der Waals surface area contributed by atoms with Crippen molar-refractivity contribution in [1.82, 2.24) is 14.3 Å². The molecule has 17 heavy (non-hydrogen) atoms. The van der Waals surface area contributed by atoms with Gasteiger partial charge < -0.3 is 4.84 Å². The van der Waals surface area contributed by atoms with Gasteiger partial charge in [0.15, 0.2) is 5.65 Å². The van der Waals surface area contributed by atoms with E-state index in [0.717, 1.165) is 4.40 Å². The smallest absolute Gasteiger partial charge is 0.304 e. The molecule has 2 aromatic heterocycles. The monoisotopic (exact) mass is 247 g/mol. The van der Waals surface area contributed by atoms with Crippen molar-refractivity contribution in [2.75, 3.05) is 0 Å². The maximum atomic E-state index is 11.9. The van der Waals surface area contributed by atoms with Crippen LogP contribution in [0.2, 0.25) is 0 Å². The first-order chi connectivity index (χ1) is 7.89. The molecule has 0 amide bonds. The van der Waals surface area contributed by atoms with Crippen molar-refractivity contribution in [3.8, 4) is 0 Å². The summed E-state index contributed by atoms with van der Waals surface area (Å²) in [6, 6.07) is 4.38. The number of alkyl halides is 3. The second-order valence-corrected chi connectivity index (χ2v) is 2.96. The van der Waals surface area contributed by atoms with E-state index in [-0.39, 0.29) is 10.5 Å². The summed E-state index contributed by atoms with van der Waals surface area (Å²) in [5.41, 5.74) is -0.939. The van der Waals surface area contributed by atoms with E-state index in [1.54, 1.807) is 0 Å². The summed E-state index contributed by atoms with van der Waals surface area (Å²) in [6.07, 6.45) is -3.90. The minimum absolute atomic E-state index is 0.00877. The van der Waals surface area contributed by atoms with Crippen LogP contribution in [0, 0.1) is 0 Å². The highest BCUT2D eigenvalue weighted by Crippen LogP contribution is 2.14. The number of carbonyl (C=O) groups is 1. The number of aromatic nitrogens is 3. The summed E-state index contributed by atoms with van der Waals surface area (Å²) in [5, 5.41) is 3.39. The molecule has 6 nitrogen and oxygen atoms in total. The largest absolute Gasteiger partial charge is 0.493 e. The maximum absolute atomic E-state index is 11.9. The van der Waals surface area contributed by atoms with Crippen LogP contribution in [0.1, 0.15) is 0 Å². The van der Waals surface area contributed by atoms with Crippen LogP contribution < -0.4 is 10.5 Å². The molecule has 0 aromatic carbocycles. The fourth-order valence-electron chi connectivity index (χ4n) is 1.10. The Labute approximate surface area is 90.8 Å². The van der Waals surface area contributed by atoms with E-state index in [4.69, 9.17) is 0 Å². The lowest BCUT2D eigenvalue weighted by Gasteiger charge is -2.03. The lowest BCUT2D eigenvalue weighted by molar-refractivity contribution is -0.201. The number of rotatable bonds is 1. The molecule has 2 rings (SSSR count). The van der Waals surface area contributed by atoms with Crippen molar-refractivity contribution in [1.29, 1.82) is 0 Å². The third-order valence-electron chi connectivity index (χ3n) is 1.80. The molecule has 0 N–H and O–H groups in total. The number of hydrogen-bond donors (Lipinski definition) is 0. The molecule has 0 unspecified atom stereocenters. The van der Waals surface area contributed by atoms with E-state index in [1.807, 2.05) is 0 Å². The van der Waals surface area contributed by atoms with Gasteiger partial charge in [-0.05, 0) is 17.0 Å². The number of hydrogen-bond acceptors (Lipinski definition) is 4. The Kier molecular flexibility index (Phi) is 2.37. The highest BCUT2D eigenvalue weighted by molar-refractivity contribution is 5.75. The molecule has 0 aliphatic heterocycles. The predicted octanol–water partition coefficient (Wildman–Crippen LogP) is 0.0135. The molecular weight excluding hydrogens is 243 g/mol. The van der Waals surface area contributed by atoms with E-state index in [9.17, 15) is 22.8 Å². The molecule has 9 heteroatoms. The van der Waals surface area contributed by atoms with E-state index >= 15 is 0 Å². The van der Waals surface area contributed by atoms with Crippen LogP contribution in [-0.4, -0.2) is 26.5 Å². The molecule has 0 radical (unpaired) electrons. The van der Waals surface area contributed by atoms with Crippen LogP contribution in [0.15, 0.2) is 29.2 Å². The molecule has 2 heterocycles. The molecular formula is C8H4F3N3O3. The van der Waals surface area contributed by atoms with E-state index in [0.29, 0.717) is 0 Å². The van der Waals surface area contributed by atoms with Gasteiger partial charge in [0.05, 0.1) is 0 Å². The Morgan fingerprint density at radius 1 is 1.35 bits per heavy atom. The maximum Gasteiger partial charge on any atom is 0.493 e. The number of nitrogens with zero attached hydrogens (tertiary/aromatic N) is 3. The molecule has 2 aromatic rings. The predicted molar refractivity (Wildman–Crippen MR) is 47.1 cm³/mol. The third-order valence-corrected chi connectivity index (χ3v) is 1.80. The van der Waals surface area contributed by atoms with Crippen LogP contribution in [-0.2, 0) is 4.79 Å². The number of pyridine rings is 1. The lowest BCUT2D eigenvalue weighted by atomic mass is 10.5. The van der Waals surface area contributed by atoms with Crippen LogP contribution in [0.4, 0.5) is 13.2 Å². The zero-order valence-electron chi connectivity index (χ0n) is 8.01. The summed E-state index contributed by atoms with van der Waals surface area (Å²) in [7, 11) is 0. The van der Waals surface area contributed by atoms with Crippen molar-refractivity contribution in [3.05, 3.63) is 34.9 Å². The number of carbonyl (C=O) groups excluding carboxylic acids is 1. The van der Waals surface area contributed by atoms with Gasteiger partial charge in [-0.2, -0.15) is 13.2 Å². The van der Waals surface area contributed by atoms with Gasteiger partial charge >= 0.3 is 17.8 Å². The average molecular weight is 247 g/mol. The SMILES string of the molecule is O=C(On1nc2ccccn2c1=O)C(F)(F)F. The van der Waals surface area contributed by atoms with Crippen LogP contribution in [0.3, 0.4) is 0 Å². The zero-order chi connectivity index (χ0) is 12.6. The summed E-state index contributed by atoms with van der Waals surface area (Å²) >= 11 is 0. The number of fused-ring (bicyclic) bond motifs is 1. The molecule has 0 saturated carbocycles. The van der Waals surface area contributed by atoms with Gasteiger partial charge in [0.25, 0.3) is 0 Å². The lowest BCUT2D eigenvalue weighted by Crippen LogP contribution is -2.38. The van der Waals surface area contributed by atoms with Crippen LogP contribution >= 0.6 is 0 Å². The Morgan fingerprint density at radius 2 is 2.06 bits per heavy atom. The topological polar surface area (TPSA) is 65.6 Å². The summed E-state index contributed by atoms with van der Waals surface area (Å²) in [6.45, 7) is 0. The summed E-state index contributed by atoms with van der Waals surface area (Å²) in [5.74, 6) is -2.51. The second-order valence-electron chi connectivity index (χ2n) is 2.96. The fourth-order valence-corrected chi connectivity index (χ4v) is 1.10. The first-order valence-corrected chi connectivity index (χ1v) is 4.25. The standard InChI is InChI=1S/C8H4F3N3O3/c9-8(10,11)6(15)17-14-7(16)13-4-2-1-3-5(13)12-14/h1-4H. The van der Waals surface area contributed by atoms with Crippen LogP contribution in [0.25, 0.3) is 5.65 Å². The minimum Gasteiger partial charge on any atom is -0.304 e. The van der Waals surface area contributed by atoms with Gasteiger partial charge in [-0.1, -0.05) is 6.07 Å². The Balaban J connectivity index is 2.41. The quantitative estimate of drug-likeness (QED) is 0.712. The van der Waals surface area contributed by atoms with E-state index in [2.05, 4.69) is 9.94 Å². The van der Waals surface area contributed by atoms with Crippen molar-refractivity contribution in [2.24, 2.45) is 0 Å². The average Bonchev–Trinajstić information content (AvgIpc) is 2.55. The Morgan fingerprint density at radius 3 is 2.65 bits per heavy atom. The molecule has 0 bridgehead atoms. The molecule has 0 aliphatic carbocycles. The minimum atomic E-state index is -5.19. The number of halogens is 3. The van der Waals surface area contributed by atoms with Crippen molar-refractivity contribution in [3.63, 3.8) is 0 Å². The highest BCUT2D eigenvalue weighted by atomic mass is 19.4. The van der Waals surface area contributed by atoms with Crippen molar-refractivity contribution >= 4 is 11.6 Å². The molecule has 90 valence electrons. The first kappa shape index (κ1) is 11.2. The van der Waals surface area contributed by atoms with Gasteiger partial charge in [-0.25, -0.2) is 14.0 Å². The van der Waals surface area contributed by atoms with Crippen LogP contribution in [0.5, 0.6) is 0 Å². The molecule has 0 fully saturated rings. The third kappa shape index (κ3) is 1.98. The summed E-state index contributed by atoms with van der Waals surface area (Å²) in [4.78, 5) is 25.7. The second kappa shape index (κ2) is 3.61. The van der Waals surface area contributed by atoms with Crippen molar-refractivity contribution in [2.45, 2.75) is 6.18 Å². The zero-order valence-corrected chi connectivity index (χ0v) is 8.01. The van der Waals surface area contributed by atoms with E-state index < -0.39 is 17.8 Å². The van der Waals surface area contributed by atoms with E-state index in [1.165, 1.54) is 24.4 Å². The Hall–Kier alpha value is -2.32. The Bertz CT molecular complexity index is 628. The van der Waals surface area contributed by atoms with Gasteiger partial charge in [0.1, 0.15) is 0 Å². The summed E-state index contributed by atoms with van der Waals surface area (Å²) < 4.78 is 36.6. The first-order valence-electron chi connectivity index (χ1n) is 4.25. The highest BCUT2D eigenvalue weighted by Gasteiger charge is 2.42. The van der Waals surface area contributed by atoms with Gasteiger partial charge in [0, 0.05) is 6.20 Å². The molecule has 0 spiro atoms. The fraction of sp³-hybridized carbons (Fsp3) is 0.125. The normalized spacial score (nSPS) is 11.7. The van der Waals surface area contributed by atoms with Crippen molar-refractivity contribution < 1.29 is 22.8 Å².